The fourth-order valence-corrected chi connectivity index (χ4v) is 3.59. The number of aromatic nitrogens is 1. The van der Waals surface area contributed by atoms with E-state index < -0.39 is 24.1 Å². The van der Waals surface area contributed by atoms with Crippen LogP contribution in [0.4, 0.5) is 0 Å². The van der Waals surface area contributed by atoms with Gasteiger partial charge in [0.2, 0.25) is 0 Å². The highest BCUT2D eigenvalue weighted by molar-refractivity contribution is 5.83. The topological polar surface area (TPSA) is 249 Å². The third-order valence-corrected chi connectivity index (χ3v) is 5.42. The van der Waals surface area contributed by atoms with Gasteiger partial charge in [0.1, 0.15) is 5.75 Å². The molecule has 1 aliphatic rings. The van der Waals surface area contributed by atoms with Crippen LogP contribution in [0.5, 0.6) is 5.75 Å². The molecule has 1 saturated heterocycles. The summed E-state index contributed by atoms with van der Waals surface area (Å²) in [6.45, 7) is 6.69. The van der Waals surface area contributed by atoms with E-state index in [1.807, 2.05) is 36.4 Å². The van der Waals surface area contributed by atoms with Crippen LogP contribution in [0.2, 0.25) is 0 Å². The van der Waals surface area contributed by atoms with Crippen molar-refractivity contribution in [2.45, 2.75) is 38.4 Å². The molecule has 2 heterocycles. The number of aliphatic hydroxyl groups excluding tert-OH is 2. The quantitative estimate of drug-likeness (QED) is 0.174. The van der Waals surface area contributed by atoms with Crippen LogP contribution in [-0.2, 0) is 9.59 Å². The summed E-state index contributed by atoms with van der Waals surface area (Å²) < 4.78 is 6.65. The summed E-state index contributed by atoms with van der Waals surface area (Å²) in [6.07, 6.45) is 2.26. The number of pyridine rings is 1. The molecule has 2 aromatic rings. The maximum atomic E-state index is 11.1. The molecule has 210 valence electrons. The zero-order valence-corrected chi connectivity index (χ0v) is 20.6. The van der Waals surface area contributed by atoms with Crippen molar-refractivity contribution < 1.29 is 55.9 Å². The number of hydrogen-bond acceptors (Lipinski definition) is 7. The summed E-state index contributed by atoms with van der Waals surface area (Å²) >= 11 is 0. The van der Waals surface area contributed by atoms with Gasteiger partial charge < -0.3 is 51.7 Å². The summed E-state index contributed by atoms with van der Waals surface area (Å²) in [6, 6.07) is 11.7. The standard InChI is InChI=1S/C20H26N2O2.C4H6O6.3H2O/c1-17-4-2-11-21(16-17)12-3-15-24-20-7-5-18(6-8-20)19-9-13-22(23)14-10-19;5-1(3(7)8)2(6)4(9)10;;;/h5-10,13-14,17H,2-4,11-12,15-16H2,1H3;1-2,5-6H,(H,7,8)(H,9,10);3*1H2. The SMILES string of the molecule is CC1CCCN(CCCOc2ccc(-c3cc[n+]([O-])cc3)cc2)C1.O.O.O.O=C(O)C(O)C(O)C(=O)O. The van der Waals surface area contributed by atoms with Gasteiger partial charge in [-0.05, 0) is 55.0 Å². The predicted molar refractivity (Wildman–Crippen MR) is 134 cm³/mol. The second-order valence-corrected chi connectivity index (χ2v) is 8.29. The molecule has 1 aromatic heterocycles. The number of benzene rings is 1. The first-order valence-electron chi connectivity index (χ1n) is 11.1. The first-order valence-corrected chi connectivity index (χ1v) is 11.1. The lowest BCUT2D eigenvalue weighted by Crippen LogP contribution is -2.39. The van der Waals surface area contributed by atoms with E-state index in [1.54, 1.807) is 0 Å². The molecular weight excluding hydrogens is 492 g/mol. The average Bonchev–Trinajstić information content (AvgIpc) is 2.82. The van der Waals surface area contributed by atoms with Gasteiger partial charge in [-0.25, -0.2) is 9.59 Å². The van der Waals surface area contributed by atoms with Crippen molar-refractivity contribution in [2.24, 2.45) is 5.92 Å². The van der Waals surface area contributed by atoms with Gasteiger partial charge in [-0.15, -0.1) is 0 Å². The molecule has 3 atom stereocenters. The largest absolute Gasteiger partial charge is 0.619 e. The molecule has 0 saturated carbocycles. The second kappa shape index (κ2) is 18.0. The van der Waals surface area contributed by atoms with E-state index >= 15 is 0 Å². The van der Waals surface area contributed by atoms with Crippen LogP contribution < -0.4 is 9.47 Å². The number of hydrogen-bond donors (Lipinski definition) is 4. The Bertz CT molecular complexity index is 892. The molecular formula is C24H38N2O11. The van der Waals surface area contributed by atoms with Crippen LogP contribution in [0.3, 0.4) is 0 Å². The molecule has 10 N–H and O–H groups in total. The Kier molecular flexibility index (Phi) is 17.4. The third-order valence-electron chi connectivity index (χ3n) is 5.42. The molecule has 0 aliphatic carbocycles. The number of carboxylic acids is 2. The minimum atomic E-state index is -2.27. The number of likely N-dealkylation sites (tertiary alicyclic amines) is 1. The van der Waals surface area contributed by atoms with Crippen molar-refractivity contribution in [1.82, 2.24) is 4.90 Å². The van der Waals surface area contributed by atoms with Crippen molar-refractivity contribution >= 4 is 11.9 Å². The molecule has 0 radical (unpaired) electrons. The zero-order chi connectivity index (χ0) is 25.1. The molecule has 13 nitrogen and oxygen atoms in total. The number of piperidine rings is 1. The van der Waals surface area contributed by atoms with Crippen molar-refractivity contribution in [2.75, 3.05) is 26.2 Å². The van der Waals surface area contributed by atoms with Gasteiger partial charge in [0.05, 0.1) is 6.61 Å². The Hall–Kier alpha value is -3.33. The molecule has 0 bridgehead atoms. The summed E-state index contributed by atoms with van der Waals surface area (Å²) in [5.74, 6) is -1.80. The average molecular weight is 531 g/mol. The first kappa shape index (κ1) is 35.8. The maximum Gasteiger partial charge on any atom is 0.335 e. The van der Waals surface area contributed by atoms with E-state index in [9.17, 15) is 14.8 Å². The Morgan fingerprint density at radius 2 is 1.51 bits per heavy atom. The summed E-state index contributed by atoms with van der Waals surface area (Å²) in [7, 11) is 0. The zero-order valence-electron chi connectivity index (χ0n) is 20.6. The molecule has 0 spiro atoms. The smallest absolute Gasteiger partial charge is 0.335 e. The number of carbonyl (C=O) groups is 2. The van der Waals surface area contributed by atoms with E-state index in [2.05, 4.69) is 11.8 Å². The molecule has 1 aromatic carbocycles. The lowest BCUT2D eigenvalue weighted by molar-refractivity contribution is -0.605. The Morgan fingerprint density at radius 3 is 2.00 bits per heavy atom. The fourth-order valence-electron chi connectivity index (χ4n) is 3.59. The van der Waals surface area contributed by atoms with Crippen LogP contribution in [-0.4, -0.2) is 92.1 Å². The van der Waals surface area contributed by atoms with Crippen LogP contribution in [0.1, 0.15) is 26.2 Å². The summed E-state index contributed by atoms with van der Waals surface area (Å²) in [4.78, 5) is 22.1. The normalized spacial score (nSPS) is 16.2. The number of ether oxygens (including phenoxy) is 1. The molecule has 1 fully saturated rings. The predicted octanol–water partition coefficient (Wildman–Crippen LogP) is -1.11. The molecule has 0 amide bonds. The highest BCUT2D eigenvalue weighted by Crippen LogP contribution is 2.21. The molecule has 1 aliphatic heterocycles. The number of rotatable bonds is 9. The van der Waals surface area contributed by atoms with Gasteiger partial charge in [-0.2, -0.15) is 4.73 Å². The second-order valence-electron chi connectivity index (χ2n) is 8.29. The Labute approximate surface area is 214 Å². The number of aliphatic carboxylic acids is 2. The highest BCUT2D eigenvalue weighted by atomic mass is 16.5. The van der Waals surface area contributed by atoms with Gasteiger partial charge in [0, 0.05) is 25.2 Å². The highest BCUT2D eigenvalue weighted by Gasteiger charge is 2.29. The van der Waals surface area contributed by atoms with E-state index in [4.69, 9.17) is 25.2 Å². The van der Waals surface area contributed by atoms with Crippen molar-refractivity contribution in [3.8, 4) is 16.9 Å². The number of nitrogens with zero attached hydrogens (tertiary/aromatic N) is 2. The van der Waals surface area contributed by atoms with E-state index in [0.717, 1.165) is 47.1 Å². The van der Waals surface area contributed by atoms with E-state index in [-0.39, 0.29) is 16.4 Å². The van der Waals surface area contributed by atoms with Crippen LogP contribution >= 0.6 is 0 Å². The van der Waals surface area contributed by atoms with Crippen molar-refractivity contribution in [1.29, 1.82) is 0 Å². The minimum Gasteiger partial charge on any atom is -0.619 e. The minimum absolute atomic E-state index is 0. The summed E-state index contributed by atoms with van der Waals surface area (Å²) in [5.41, 5.74) is 2.12. The maximum absolute atomic E-state index is 11.1. The lowest BCUT2D eigenvalue weighted by atomic mass is 10.0. The van der Waals surface area contributed by atoms with Gasteiger partial charge in [0.25, 0.3) is 0 Å². The van der Waals surface area contributed by atoms with Crippen LogP contribution in [0.25, 0.3) is 11.1 Å². The molecule has 3 unspecified atom stereocenters. The van der Waals surface area contributed by atoms with Gasteiger partial charge in [-0.1, -0.05) is 19.1 Å². The molecule has 3 rings (SSSR count). The van der Waals surface area contributed by atoms with Gasteiger partial charge in [0.15, 0.2) is 24.6 Å². The summed E-state index contributed by atoms with van der Waals surface area (Å²) in [5, 5.41) is 43.6. The Morgan fingerprint density at radius 1 is 1.00 bits per heavy atom. The monoisotopic (exact) mass is 530 g/mol. The molecule has 13 heteroatoms. The molecule has 37 heavy (non-hydrogen) atoms. The third kappa shape index (κ3) is 12.5. The first-order chi connectivity index (χ1) is 16.2. The van der Waals surface area contributed by atoms with Gasteiger partial charge >= 0.3 is 11.9 Å². The number of carboxylic acid groups (broad SMARTS) is 2. The van der Waals surface area contributed by atoms with Crippen molar-refractivity contribution in [3.63, 3.8) is 0 Å². The van der Waals surface area contributed by atoms with E-state index in [0.29, 0.717) is 0 Å². The Balaban J connectivity index is 0. The fraction of sp³-hybridized carbons (Fsp3) is 0.458. The number of aliphatic hydroxyl groups is 2. The van der Waals surface area contributed by atoms with Crippen LogP contribution in [0.15, 0.2) is 48.8 Å². The van der Waals surface area contributed by atoms with E-state index in [1.165, 1.54) is 38.3 Å². The van der Waals surface area contributed by atoms with Crippen molar-refractivity contribution in [3.05, 3.63) is 54.0 Å². The lowest BCUT2D eigenvalue weighted by Gasteiger charge is -2.30. The van der Waals surface area contributed by atoms with Crippen LogP contribution in [0, 0.1) is 11.1 Å². The van der Waals surface area contributed by atoms with Gasteiger partial charge in [-0.3, -0.25) is 0 Å².